The molecule has 0 saturated heterocycles. The van der Waals surface area contributed by atoms with Crippen molar-refractivity contribution < 1.29 is 38.2 Å². The summed E-state index contributed by atoms with van der Waals surface area (Å²) in [6.07, 6.45) is 6.39. The van der Waals surface area contributed by atoms with Crippen LogP contribution in [0, 0.1) is 5.92 Å². The molecule has 1 saturated carbocycles. The molecule has 0 radical (unpaired) electrons. The highest BCUT2D eigenvalue weighted by molar-refractivity contribution is 8.04. The summed E-state index contributed by atoms with van der Waals surface area (Å²) in [4.78, 5) is 37.9. The quantitative estimate of drug-likeness (QED) is 0.109. The first-order valence-electron chi connectivity index (χ1n) is 13.5. The van der Waals surface area contributed by atoms with Crippen molar-refractivity contribution in [3.8, 4) is 5.75 Å². The standard InChI is InChI=1S/C25H44N3O8P3S/c1-6-25(3,4)36-24-13-9-22(10-14-24)17-26-27(5)37(40)20(2)35-23-11-7-21(8-12-23)15-16-28(18-38(29,30)31)19-39(32,33)34/h7-8,11-12,17,20,22,24H,6,9-10,13-16,18-19H2,1-5H3,(H3-,29,30,31,32,33,34)/p+1/b26-17+. The Kier molecular flexibility index (Phi) is 13.8. The Balaban J connectivity index is 1.83. The molecule has 228 valence electrons. The van der Waals surface area contributed by atoms with E-state index in [1.54, 1.807) is 12.1 Å². The van der Waals surface area contributed by atoms with Gasteiger partial charge in [0.15, 0.2) is 11.8 Å². The second-order valence-corrected chi connectivity index (χ2v) is 17.2. The molecule has 0 spiro atoms. The van der Waals surface area contributed by atoms with Crippen LogP contribution < -0.4 is 4.74 Å². The summed E-state index contributed by atoms with van der Waals surface area (Å²) in [5, 5.41) is 4.63. The largest absolute Gasteiger partial charge is 0.447 e. The third kappa shape index (κ3) is 13.9. The molecule has 0 aliphatic heterocycles. The van der Waals surface area contributed by atoms with Crippen LogP contribution in [-0.4, -0.2) is 79.2 Å². The highest BCUT2D eigenvalue weighted by atomic mass is 32.4. The van der Waals surface area contributed by atoms with Crippen LogP contribution in [0.4, 0.5) is 0 Å². The van der Waals surface area contributed by atoms with Gasteiger partial charge in [0.05, 0.1) is 18.8 Å². The Morgan fingerprint density at radius 1 is 1.10 bits per heavy atom. The average molecular weight is 641 g/mol. The van der Waals surface area contributed by atoms with Gasteiger partial charge in [-0.05, 0) is 76.0 Å². The second-order valence-electron chi connectivity index (χ2n) is 10.9. The zero-order valence-electron chi connectivity index (χ0n) is 24.0. The Morgan fingerprint density at radius 3 is 2.15 bits per heavy atom. The van der Waals surface area contributed by atoms with Crippen molar-refractivity contribution in [3.63, 3.8) is 0 Å². The number of hydrogen-bond donors (Lipinski definition) is 4. The summed E-state index contributed by atoms with van der Waals surface area (Å²) in [5.74, 6) is 0.774. The van der Waals surface area contributed by atoms with Gasteiger partial charge in [0.1, 0.15) is 18.3 Å². The summed E-state index contributed by atoms with van der Waals surface area (Å²) in [5.41, 5.74) is 0.756. The highest BCUT2D eigenvalue weighted by Crippen LogP contribution is 2.41. The van der Waals surface area contributed by atoms with E-state index in [1.807, 2.05) is 37.1 Å². The highest BCUT2D eigenvalue weighted by Gasteiger charge is 2.30. The lowest BCUT2D eigenvalue weighted by Crippen LogP contribution is -2.32. The van der Waals surface area contributed by atoms with Gasteiger partial charge >= 0.3 is 22.0 Å². The van der Waals surface area contributed by atoms with Crippen LogP contribution in [0.15, 0.2) is 29.4 Å². The molecule has 0 heterocycles. The lowest BCUT2D eigenvalue weighted by molar-refractivity contribution is -0.0879. The van der Waals surface area contributed by atoms with E-state index in [0.29, 0.717) is 24.2 Å². The number of rotatable bonds is 16. The summed E-state index contributed by atoms with van der Waals surface area (Å²) >= 11 is 5.72. The number of nitrogens with zero attached hydrogens (tertiary/aromatic N) is 3. The third-order valence-corrected chi connectivity index (χ3v) is 11.3. The van der Waals surface area contributed by atoms with E-state index in [9.17, 15) is 28.7 Å². The molecule has 2 atom stereocenters. The lowest BCUT2D eigenvalue weighted by atomic mass is 9.88. The topological polar surface area (TPSA) is 152 Å². The maximum Gasteiger partial charge on any atom is 0.355 e. The number of hydrazone groups is 1. The first-order chi connectivity index (χ1) is 18.5. The van der Waals surface area contributed by atoms with Crippen LogP contribution in [0.1, 0.15) is 65.4 Å². The van der Waals surface area contributed by atoms with Gasteiger partial charge in [-0.1, -0.05) is 19.1 Å². The molecule has 11 nitrogen and oxygen atoms in total. The molecular weight excluding hydrogens is 595 g/mol. The van der Waals surface area contributed by atoms with Gasteiger partial charge in [-0.2, -0.15) is 0 Å². The molecule has 0 amide bonds. The predicted octanol–water partition coefficient (Wildman–Crippen LogP) is 5.07. The summed E-state index contributed by atoms with van der Waals surface area (Å²) in [6, 6.07) is 7.18. The molecule has 2 rings (SSSR count). The Morgan fingerprint density at radius 2 is 1.65 bits per heavy atom. The van der Waals surface area contributed by atoms with Crippen LogP contribution in [0.3, 0.4) is 0 Å². The minimum Gasteiger partial charge on any atom is -0.447 e. The Bertz CT molecular complexity index is 1050. The van der Waals surface area contributed by atoms with Crippen LogP contribution in [-0.2, 0) is 32.1 Å². The SMILES string of the molecule is CCC(C)(C)OC1CCC(/C=N/N(C)[P+](=S)C(C)Oc2ccc(CCN(CP(=O)(O)O)CP(=O)(O)O)cc2)CC1. The zero-order chi connectivity index (χ0) is 30.1. The fourth-order valence-corrected chi connectivity index (χ4v) is 7.12. The van der Waals surface area contributed by atoms with E-state index in [0.717, 1.165) is 42.6 Å². The van der Waals surface area contributed by atoms with Gasteiger partial charge in [0.25, 0.3) is 5.85 Å². The summed E-state index contributed by atoms with van der Waals surface area (Å²) in [7, 11) is -7.05. The van der Waals surface area contributed by atoms with E-state index in [4.69, 9.17) is 21.3 Å². The van der Waals surface area contributed by atoms with Crippen LogP contribution in [0.25, 0.3) is 0 Å². The summed E-state index contributed by atoms with van der Waals surface area (Å²) < 4.78 is 36.8. The normalized spacial score (nSPS) is 20.1. The molecule has 2 unspecified atom stereocenters. The molecule has 1 fully saturated rings. The van der Waals surface area contributed by atoms with Crippen molar-refractivity contribution in [3.05, 3.63) is 29.8 Å². The van der Waals surface area contributed by atoms with Crippen molar-refractivity contribution in [2.24, 2.45) is 11.0 Å². The number of ether oxygens (including phenoxy) is 2. The van der Waals surface area contributed by atoms with E-state index in [1.165, 1.54) is 0 Å². The minimum absolute atomic E-state index is 0.0797. The first kappa shape index (κ1) is 35.4. The van der Waals surface area contributed by atoms with E-state index in [2.05, 4.69) is 25.9 Å². The van der Waals surface area contributed by atoms with Crippen LogP contribution in [0.5, 0.6) is 5.75 Å². The second kappa shape index (κ2) is 15.6. The molecule has 1 aliphatic carbocycles. The third-order valence-electron chi connectivity index (χ3n) is 6.81. The van der Waals surface area contributed by atoms with Crippen LogP contribution >= 0.6 is 22.0 Å². The molecular formula is C25H45N3O8P3S+. The van der Waals surface area contributed by atoms with E-state index >= 15 is 0 Å². The number of benzene rings is 1. The van der Waals surface area contributed by atoms with Gasteiger partial charge in [-0.15, -0.1) is 9.88 Å². The lowest BCUT2D eigenvalue weighted by Gasteiger charge is -2.34. The minimum atomic E-state index is -4.46. The van der Waals surface area contributed by atoms with Gasteiger partial charge in [-0.3, -0.25) is 14.0 Å². The molecule has 1 aromatic carbocycles. The zero-order valence-corrected chi connectivity index (χ0v) is 27.5. The molecule has 0 aromatic heterocycles. The smallest absolute Gasteiger partial charge is 0.355 e. The fraction of sp³-hybridized carbons (Fsp3) is 0.720. The molecule has 4 N–H and O–H groups in total. The first-order valence-corrected chi connectivity index (χ1v) is 19.4. The van der Waals surface area contributed by atoms with E-state index in [-0.39, 0.29) is 18.0 Å². The maximum atomic E-state index is 11.3. The molecule has 1 aliphatic rings. The summed E-state index contributed by atoms with van der Waals surface area (Å²) in [6.45, 7) is 7.32. The van der Waals surface area contributed by atoms with E-state index < -0.39 is 34.6 Å². The van der Waals surface area contributed by atoms with Gasteiger partial charge in [-0.25, -0.2) is 0 Å². The number of hydrogen-bond acceptors (Lipinski definition) is 7. The van der Waals surface area contributed by atoms with Crippen molar-refractivity contribution in [2.75, 3.05) is 26.2 Å². The van der Waals surface area contributed by atoms with Gasteiger partial charge < -0.3 is 29.0 Å². The van der Waals surface area contributed by atoms with Crippen molar-refractivity contribution in [2.45, 2.75) is 83.8 Å². The Labute approximate surface area is 244 Å². The maximum absolute atomic E-state index is 11.3. The molecule has 15 heteroatoms. The van der Waals surface area contributed by atoms with Crippen molar-refractivity contribution in [1.29, 1.82) is 0 Å². The fourth-order valence-electron chi connectivity index (χ4n) is 4.34. The molecule has 0 bridgehead atoms. The molecule has 1 aromatic rings. The van der Waals surface area contributed by atoms with Gasteiger partial charge in [0.2, 0.25) is 0 Å². The predicted molar refractivity (Wildman–Crippen MR) is 163 cm³/mol. The monoisotopic (exact) mass is 640 g/mol. The van der Waals surface area contributed by atoms with Crippen LogP contribution in [0.2, 0.25) is 0 Å². The van der Waals surface area contributed by atoms with Crippen molar-refractivity contribution >= 4 is 40.1 Å². The average Bonchev–Trinajstić information content (AvgIpc) is 2.85. The van der Waals surface area contributed by atoms with Crippen molar-refractivity contribution in [1.82, 2.24) is 9.68 Å². The van der Waals surface area contributed by atoms with Gasteiger partial charge in [0, 0.05) is 19.7 Å². The Hall–Kier alpha value is -0.770. The molecule has 40 heavy (non-hydrogen) atoms.